The summed E-state index contributed by atoms with van der Waals surface area (Å²) < 4.78 is 11.0. The van der Waals surface area contributed by atoms with Crippen LogP contribution in [0.5, 0.6) is 5.19 Å². The summed E-state index contributed by atoms with van der Waals surface area (Å²) in [6.07, 6.45) is 3.43. The topological polar surface area (TPSA) is 51.7 Å². The lowest BCUT2D eigenvalue weighted by Gasteiger charge is -2.33. The molecule has 1 aromatic rings. The maximum absolute atomic E-state index is 11.9. The van der Waals surface area contributed by atoms with Gasteiger partial charge < -0.3 is 14.4 Å². The highest BCUT2D eigenvalue weighted by atomic mass is 32.1. The van der Waals surface area contributed by atoms with Crippen molar-refractivity contribution in [1.82, 2.24) is 9.88 Å². The van der Waals surface area contributed by atoms with Gasteiger partial charge in [-0.1, -0.05) is 11.3 Å². The molecule has 1 aliphatic rings. The third-order valence-electron chi connectivity index (χ3n) is 3.12. The lowest BCUT2D eigenvalue weighted by molar-refractivity contribution is 0.0165. The van der Waals surface area contributed by atoms with E-state index in [1.807, 2.05) is 26.2 Å². The highest BCUT2D eigenvalue weighted by molar-refractivity contribution is 7.11. The van der Waals surface area contributed by atoms with E-state index in [1.54, 1.807) is 11.1 Å². The first-order valence-electron chi connectivity index (χ1n) is 6.94. The van der Waals surface area contributed by atoms with Crippen molar-refractivity contribution in [2.75, 3.05) is 19.7 Å². The zero-order chi connectivity index (χ0) is 14.6. The Hall–Kier alpha value is -1.30. The van der Waals surface area contributed by atoms with Crippen LogP contribution in [0.4, 0.5) is 4.79 Å². The number of rotatable bonds is 3. The van der Waals surface area contributed by atoms with Gasteiger partial charge in [-0.15, -0.1) is 0 Å². The van der Waals surface area contributed by atoms with Crippen LogP contribution in [0.15, 0.2) is 11.6 Å². The molecule has 0 N–H and O–H groups in total. The molecule has 1 amide bonds. The average molecular weight is 298 g/mol. The first-order valence-corrected chi connectivity index (χ1v) is 7.82. The second kappa shape index (κ2) is 6.43. The minimum absolute atomic E-state index is 0.211. The Bertz CT molecular complexity index is 420. The van der Waals surface area contributed by atoms with E-state index in [9.17, 15) is 4.79 Å². The minimum Gasteiger partial charge on any atom is -0.470 e. The van der Waals surface area contributed by atoms with E-state index >= 15 is 0 Å². The van der Waals surface area contributed by atoms with E-state index in [0.29, 0.717) is 12.5 Å². The molecule has 0 atom stereocenters. The Kier molecular flexibility index (Phi) is 4.86. The number of aromatic nitrogens is 1. The zero-order valence-electron chi connectivity index (χ0n) is 12.3. The molecule has 1 fully saturated rings. The van der Waals surface area contributed by atoms with Gasteiger partial charge in [0.1, 0.15) is 5.60 Å². The maximum Gasteiger partial charge on any atom is 0.410 e. The number of ether oxygens (including phenoxy) is 2. The number of amides is 1. The van der Waals surface area contributed by atoms with Crippen LogP contribution < -0.4 is 4.74 Å². The molecule has 0 unspecified atom stereocenters. The molecule has 2 rings (SSSR count). The van der Waals surface area contributed by atoms with E-state index in [-0.39, 0.29) is 6.09 Å². The summed E-state index contributed by atoms with van der Waals surface area (Å²) in [5, 5.41) is 2.63. The number of hydrogen-bond donors (Lipinski definition) is 0. The van der Waals surface area contributed by atoms with E-state index in [4.69, 9.17) is 9.47 Å². The highest BCUT2D eigenvalue weighted by Gasteiger charge is 2.27. The van der Waals surface area contributed by atoms with Gasteiger partial charge in [-0.05, 0) is 39.5 Å². The number of carbonyl (C=O) groups is 1. The van der Waals surface area contributed by atoms with Crippen LogP contribution in [0.3, 0.4) is 0 Å². The molecule has 1 saturated heterocycles. The maximum atomic E-state index is 11.9. The fourth-order valence-electron chi connectivity index (χ4n) is 2.08. The molecule has 0 aromatic carbocycles. The molecule has 20 heavy (non-hydrogen) atoms. The van der Waals surface area contributed by atoms with Crippen LogP contribution in [0.25, 0.3) is 0 Å². The molecule has 1 aliphatic heterocycles. The fourth-order valence-corrected chi connectivity index (χ4v) is 2.58. The van der Waals surface area contributed by atoms with Gasteiger partial charge in [-0.25, -0.2) is 9.78 Å². The number of nitrogens with zero attached hydrogens (tertiary/aromatic N) is 2. The summed E-state index contributed by atoms with van der Waals surface area (Å²) in [5.41, 5.74) is -0.429. The van der Waals surface area contributed by atoms with Crippen molar-refractivity contribution in [3.63, 3.8) is 0 Å². The predicted molar refractivity (Wildman–Crippen MR) is 78.1 cm³/mol. The van der Waals surface area contributed by atoms with Gasteiger partial charge in [-0.3, -0.25) is 0 Å². The number of piperidine rings is 1. The van der Waals surface area contributed by atoms with Crippen LogP contribution in [-0.2, 0) is 4.74 Å². The monoisotopic (exact) mass is 298 g/mol. The van der Waals surface area contributed by atoms with Gasteiger partial charge in [0.2, 0.25) is 0 Å². The molecule has 0 spiro atoms. The number of likely N-dealkylation sites (tertiary alicyclic amines) is 1. The first-order chi connectivity index (χ1) is 9.44. The summed E-state index contributed by atoms with van der Waals surface area (Å²) in [6.45, 7) is 7.82. The Morgan fingerprint density at radius 2 is 2.15 bits per heavy atom. The lowest BCUT2D eigenvalue weighted by Crippen LogP contribution is -2.42. The van der Waals surface area contributed by atoms with Crippen LogP contribution in [-0.4, -0.2) is 41.3 Å². The van der Waals surface area contributed by atoms with E-state index in [1.165, 1.54) is 11.3 Å². The summed E-state index contributed by atoms with van der Waals surface area (Å²) >= 11 is 1.51. The van der Waals surface area contributed by atoms with Crippen LogP contribution in [0.2, 0.25) is 0 Å². The van der Waals surface area contributed by atoms with Crippen molar-refractivity contribution in [3.05, 3.63) is 11.6 Å². The fraction of sp³-hybridized carbons (Fsp3) is 0.714. The summed E-state index contributed by atoms with van der Waals surface area (Å²) in [4.78, 5) is 17.8. The third kappa shape index (κ3) is 4.67. The van der Waals surface area contributed by atoms with Crippen molar-refractivity contribution in [2.24, 2.45) is 5.92 Å². The van der Waals surface area contributed by atoms with Gasteiger partial charge in [0, 0.05) is 24.7 Å². The first kappa shape index (κ1) is 15.1. The SMILES string of the molecule is CC(C)(C)OC(=O)N1CCC(COc2nccs2)CC1. The van der Waals surface area contributed by atoms with Crippen molar-refractivity contribution in [1.29, 1.82) is 0 Å². The second-order valence-corrected chi connectivity index (χ2v) is 6.88. The molecule has 2 heterocycles. The summed E-state index contributed by atoms with van der Waals surface area (Å²) in [6, 6.07) is 0. The molecule has 1 aromatic heterocycles. The largest absolute Gasteiger partial charge is 0.470 e. The van der Waals surface area contributed by atoms with Crippen LogP contribution in [0, 0.1) is 5.92 Å². The Balaban J connectivity index is 1.71. The Morgan fingerprint density at radius 3 is 2.70 bits per heavy atom. The normalized spacial score (nSPS) is 17.1. The zero-order valence-corrected chi connectivity index (χ0v) is 13.1. The number of thiazole rings is 1. The third-order valence-corrected chi connectivity index (χ3v) is 3.80. The minimum atomic E-state index is -0.429. The van der Waals surface area contributed by atoms with Gasteiger partial charge in [0.25, 0.3) is 5.19 Å². The van der Waals surface area contributed by atoms with Gasteiger partial charge in [-0.2, -0.15) is 0 Å². The smallest absolute Gasteiger partial charge is 0.410 e. The lowest BCUT2D eigenvalue weighted by atomic mass is 9.98. The molecule has 0 aliphatic carbocycles. The molecule has 0 radical (unpaired) electrons. The van der Waals surface area contributed by atoms with Gasteiger partial charge in [0.15, 0.2) is 0 Å². The number of carbonyl (C=O) groups excluding carboxylic acids is 1. The molecule has 6 heteroatoms. The highest BCUT2D eigenvalue weighted by Crippen LogP contribution is 2.22. The average Bonchev–Trinajstić information content (AvgIpc) is 2.88. The van der Waals surface area contributed by atoms with Crippen LogP contribution in [0.1, 0.15) is 33.6 Å². The Morgan fingerprint density at radius 1 is 1.45 bits per heavy atom. The standard InChI is InChI=1S/C14H22N2O3S/c1-14(2,3)19-13(17)16-7-4-11(5-8-16)10-18-12-15-6-9-20-12/h6,9,11H,4-5,7-8,10H2,1-3H3. The predicted octanol–water partition coefficient (Wildman–Crippen LogP) is 3.17. The second-order valence-electron chi connectivity index (χ2n) is 6.02. The molecule has 5 nitrogen and oxygen atoms in total. The van der Waals surface area contributed by atoms with Crippen molar-refractivity contribution in [3.8, 4) is 5.19 Å². The molecule has 0 bridgehead atoms. The quantitative estimate of drug-likeness (QED) is 0.860. The summed E-state index contributed by atoms with van der Waals surface area (Å²) in [7, 11) is 0. The van der Waals surface area contributed by atoms with Crippen molar-refractivity contribution >= 4 is 17.4 Å². The molecular weight excluding hydrogens is 276 g/mol. The molecular formula is C14H22N2O3S. The van der Waals surface area contributed by atoms with Gasteiger partial charge >= 0.3 is 6.09 Å². The number of hydrogen-bond acceptors (Lipinski definition) is 5. The van der Waals surface area contributed by atoms with Crippen molar-refractivity contribution in [2.45, 2.75) is 39.2 Å². The summed E-state index contributed by atoms with van der Waals surface area (Å²) in [5.74, 6) is 0.484. The van der Waals surface area contributed by atoms with Crippen LogP contribution >= 0.6 is 11.3 Å². The molecule has 112 valence electrons. The molecule has 0 saturated carbocycles. The van der Waals surface area contributed by atoms with Crippen molar-refractivity contribution < 1.29 is 14.3 Å². The van der Waals surface area contributed by atoms with Gasteiger partial charge in [0.05, 0.1) is 6.61 Å². The van der Waals surface area contributed by atoms with E-state index < -0.39 is 5.60 Å². The van der Waals surface area contributed by atoms with E-state index in [2.05, 4.69) is 4.98 Å². The Labute approximate surface area is 123 Å². The van der Waals surface area contributed by atoms with E-state index in [0.717, 1.165) is 31.1 Å².